The van der Waals surface area contributed by atoms with E-state index < -0.39 is 0 Å². The Morgan fingerprint density at radius 1 is 1.06 bits per heavy atom. The second kappa shape index (κ2) is 4.38. The SMILES string of the molecule is O=Cc1ccc2nc(-c3ccc(Br)cc3)cn2c1. The molecular weight excluding hydrogens is 292 g/mol. The van der Waals surface area contributed by atoms with Crippen molar-refractivity contribution in [3.8, 4) is 11.3 Å². The first-order valence-electron chi connectivity index (χ1n) is 5.46. The third-order valence-corrected chi connectivity index (χ3v) is 3.28. The van der Waals surface area contributed by atoms with E-state index in [2.05, 4.69) is 20.9 Å². The number of nitrogens with zero attached hydrogens (tertiary/aromatic N) is 2. The Balaban J connectivity index is 2.12. The molecule has 0 saturated carbocycles. The van der Waals surface area contributed by atoms with Crippen LogP contribution >= 0.6 is 15.9 Å². The van der Waals surface area contributed by atoms with E-state index in [9.17, 15) is 4.79 Å². The van der Waals surface area contributed by atoms with Gasteiger partial charge in [0.15, 0.2) is 6.29 Å². The van der Waals surface area contributed by atoms with Gasteiger partial charge in [-0.3, -0.25) is 4.79 Å². The number of hydrogen-bond donors (Lipinski definition) is 0. The molecule has 2 heterocycles. The van der Waals surface area contributed by atoms with Crippen LogP contribution < -0.4 is 0 Å². The number of aldehydes is 1. The quantitative estimate of drug-likeness (QED) is 0.678. The minimum Gasteiger partial charge on any atom is -0.306 e. The molecule has 3 aromatic rings. The fourth-order valence-electron chi connectivity index (χ4n) is 1.84. The lowest BCUT2D eigenvalue weighted by atomic mass is 10.2. The molecular formula is C14H9BrN2O. The van der Waals surface area contributed by atoms with Gasteiger partial charge in [0.1, 0.15) is 5.65 Å². The Labute approximate surface area is 112 Å². The highest BCUT2D eigenvalue weighted by Crippen LogP contribution is 2.21. The third-order valence-electron chi connectivity index (χ3n) is 2.75. The molecule has 1 aromatic carbocycles. The molecule has 88 valence electrons. The first kappa shape index (κ1) is 11.2. The maximum absolute atomic E-state index is 10.7. The largest absolute Gasteiger partial charge is 0.306 e. The molecule has 0 aliphatic rings. The summed E-state index contributed by atoms with van der Waals surface area (Å²) in [6.45, 7) is 0. The molecule has 0 amide bonds. The predicted molar refractivity (Wildman–Crippen MR) is 73.7 cm³/mol. The van der Waals surface area contributed by atoms with Crippen LogP contribution in [0.15, 0.2) is 53.3 Å². The standard InChI is InChI=1S/C14H9BrN2O/c15-12-4-2-11(3-5-12)13-8-17-7-10(9-18)1-6-14(17)16-13/h1-9H. The summed E-state index contributed by atoms with van der Waals surface area (Å²) in [5.74, 6) is 0. The zero-order valence-electron chi connectivity index (χ0n) is 9.38. The molecule has 0 unspecified atom stereocenters. The highest BCUT2D eigenvalue weighted by atomic mass is 79.9. The van der Waals surface area contributed by atoms with Gasteiger partial charge >= 0.3 is 0 Å². The number of halogens is 1. The molecule has 3 rings (SSSR count). The molecule has 3 nitrogen and oxygen atoms in total. The van der Waals surface area contributed by atoms with Gasteiger partial charge in [0, 0.05) is 28.0 Å². The smallest absolute Gasteiger partial charge is 0.151 e. The summed E-state index contributed by atoms with van der Waals surface area (Å²) in [6, 6.07) is 11.6. The number of benzene rings is 1. The fourth-order valence-corrected chi connectivity index (χ4v) is 2.10. The lowest BCUT2D eigenvalue weighted by molar-refractivity contribution is 0.112. The lowest BCUT2D eigenvalue weighted by Gasteiger charge is -1.95. The predicted octanol–water partition coefficient (Wildman–Crippen LogP) is 3.58. The van der Waals surface area contributed by atoms with Gasteiger partial charge in [0.25, 0.3) is 0 Å². The number of imidazole rings is 1. The van der Waals surface area contributed by atoms with Gasteiger partial charge in [-0.2, -0.15) is 0 Å². The van der Waals surface area contributed by atoms with E-state index in [1.807, 2.05) is 40.9 Å². The molecule has 0 saturated heterocycles. The van der Waals surface area contributed by atoms with E-state index >= 15 is 0 Å². The molecule has 0 aliphatic carbocycles. The van der Waals surface area contributed by atoms with Gasteiger partial charge in [-0.15, -0.1) is 0 Å². The molecule has 18 heavy (non-hydrogen) atoms. The second-order valence-corrected chi connectivity index (χ2v) is 4.89. The molecule has 0 atom stereocenters. The number of carbonyl (C=O) groups excluding carboxylic acids is 1. The molecule has 2 aromatic heterocycles. The van der Waals surface area contributed by atoms with E-state index in [0.29, 0.717) is 5.56 Å². The van der Waals surface area contributed by atoms with E-state index in [1.165, 1.54) is 0 Å². The van der Waals surface area contributed by atoms with Gasteiger partial charge in [0.2, 0.25) is 0 Å². The van der Waals surface area contributed by atoms with Crippen molar-refractivity contribution in [1.82, 2.24) is 9.38 Å². The van der Waals surface area contributed by atoms with Gasteiger partial charge in [-0.25, -0.2) is 4.98 Å². The second-order valence-electron chi connectivity index (χ2n) is 3.98. The number of pyridine rings is 1. The van der Waals surface area contributed by atoms with Crippen LogP contribution in [0.4, 0.5) is 0 Å². The minimum absolute atomic E-state index is 0.641. The van der Waals surface area contributed by atoms with Crippen LogP contribution in [0.1, 0.15) is 10.4 Å². The fraction of sp³-hybridized carbons (Fsp3) is 0. The van der Waals surface area contributed by atoms with Crippen LogP contribution in [0.5, 0.6) is 0 Å². The normalized spacial score (nSPS) is 10.7. The Kier molecular flexibility index (Phi) is 2.72. The molecule has 0 fully saturated rings. The number of aromatic nitrogens is 2. The highest BCUT2D eigenvalue weighted by molar-refractivity contribution is 9.10. The Morgan fingerprint density at radius 2 is 1.83 bits per heavy atom. The monoisotopic (exact) mass is 300 g/mol. The lowest BCUT2D eigenvalue weighted by Crippen LogP contribution is -1.86. The summed E-state index contributed by atoms with van der Waals surface area (Å²) in [4.78, 5) is 15.2. The van der Waals surface area contributed by atoms with Crippen molar-refractivity contribution in [3.63, 3.8) is 0 Å². The van der Waals surface area contributed by atoms with Crippen molar-refractivity contribution in [1.29, 1.82) is 0 Å². The van der Waals surface area contributed by atoms with Crippen molar-refractivity contribution in [3.05, 3.63) is 58.8 Å². The molecule has 4 heteroatoms. The number of hydrogen-bond acceptors (Lipinski definition) is 2. The van der Waals surface area contributed by atoms with Crippen LogP contribution in [-0.4, -0.2) is 15.7 Å². The average molecular weight is 301 g/mol. The van der Waals surface area contributed by atoms with Gasteiger partial charge in [-0.05, 0) is 24.3 Å². The summed E-state index contributed by atoms with van der Waals surface area (Å²) in [7, 11) is 0. The summed E-state index contributed by atoms with van der Waals surface area (Å²) in [6.07, 6.45) is 4.53. The number of rotatable bonds is 2. The molecule has 0 aliphatic heterocycles. The first-order chi connectivity index (χ1) is 8.76. The van der Waals surface area contributed by atoms with Crippen LogP contribution in [-0.2, 0) is 0 Å². The van der Waals surface area contributed by atoms with Crippen LogP contribution in [0.3, 0.4) is 0 Å². The first-order valence-corrected chi connectivity index (χ1v) is 6.25. The number of fused-ring (bicyclic) bond motifs is 1. The van der Waals surface area contributed by atoms with Crippen molar-refractivity contribution in [2.75, 3.05) is 0 Å². The van der Waals surface area contributed by atoms with Crippen molar-refractivity contribution < 1.29 is 4.79 Å². The van der Waals surface area contributed by atoms with Crippen molar-refractivity contribution in [2.24, 2.45) is 0 Å². The van der Waals surface area contributed by atoms with E-state index in [-0.39, 0.29) is 0 Å². The van der Waals surface area contributed by atoms with Crippen molar-refractivity contribution >= 4 is 27.9 Å². The van der Waals surface area contributed by atoms with Crippen LogP contribution in [0.2, 0.25) is 0 Å². The Bertz CT molecular complexity index is 716. The van der Waals surface area contributed by atoms with E-state index in [4.69, 9.17) is 0 Å². The summed E-state index contributed by atoms with van der Waals surface area (Å²) >= 11 is 3.41. The van der Waals surface area contributed by atoms with Gasteiger partial charge in [0.05, 0.1) is 5.69 Å². The molecule has 0 radical (unpaired) electrons. The Hall–Kier alpha value is -1.94. The maximum atomic E-state index is 10.7. The van der Waals surface area contributed by atoms with E-state index in [1.54, 1.807) is 12.3 Å². The van der Waals surface area contributed by atoms with Crippen molar-refractivity contribution in [2.45, 2.75) is 0 Å². The summed E-state index contributed by atoms with van der Waals surface area (Å²) in [5, 5.41) is 0. The van der Waals surface area contributed by atoms with E-state index in [0.717, 1.165) is 27.7 Å². The van der Waals surface area contributed by atoms with Gasteiger partial charge < -0.3 is 4.40 Å². The zero-order valence-corrected chi connectivity index (χ0v) is 11.0. The Morgan fingerprint density at radius 3 is 2.56 bits per heavy atom. The minimum atomic E-state index is 0.641. The summed E-state index contributed by atoms with van der Waals surface area (Å²) in [5.41, 5.74) is 3.42. The number of carbonyl (C=O) groups is 1. The van der Waals surface area contributed by atoms with Gasteiger partial charge in [-0.1, -0.05) is 28.1 Å². The third kappa shape index (κ3) is 1.95. The molecule has 0 bridgehead atoms. The highest BCUT2D eigenvalue weighted by Gasteiger charge is 2.04. The maximum Gasteiger partial charge on any atom is 0.151 e. The van der Waals surface area contributed by atoms with Crippen LogP contribution in [0.25, 0.3) is 16.9 Å². The zero-order chi connectivity index (χ0) is 12.5. The summed E-state index contributed by atoms with van der Waals surface area (Å²) < 4.78 is 2.90. The molecule has 0 spiro atoms. The van der Waals surface area contributed by atoms with Crippen LogP contribution in [0, 0.1) is 0 Å². The topological polar surface area (TPSA) is 34.4 Å². The average Bonchev–Trinajstić information content (AvgIpc) is 2.82. The molecule has 0 N–H and O–H groups in total.